The molecule has 2 heterocycles. The Morgan fingerprint density at radius 1 is 0.779 bits per heavy atom. The molecule has 2 saturated heterocycles. The van der Waals surface area contributed by atoms with Crippen molar-refractivity contribution in [3.05, 3.63) is 85.1 Å². The van der Waals surface area contributed by atoms with Gasteiger partial charge in [-0.05, 0) is 153 Å². The molecule has 0 radical (unpaired) electrons. The van der Waals surface area contributed by atoms with Gasteiger partial charge in [0, 0.05) is 38.0 Å². The molecular weight excluding hydrogens is 961 g/mol. The van der Waals surface area contributed by atoms with Crippen LogP contribution in [0, 0.1) is 96.7 Å². The highest BCUT2D eigenvalue weighted by Crippen LogP contribution is 2.50. The van der Waals surface area contributed by atoms with Crippen LogP contribution in [0.15, 0.2) is 85.1 Å². The van der Waals surface area contributed by atoms with Crippen LogP contribution in [0.5, 0.6) is 0 Å². The van der Waals surface area contributed by atoms with Crippen molar-refractivity contribution in [3.63, 3.8) is 0 Å². The van der Waals surface area contributed by atoms with E-state index in [9.17, 15) is 4.79 Å². The van der Waals surface area contributed by atoms with Crippen LogP contribution in [-0.4, -0.2) is 93.1 Å². The van der Waals surface area contributed by atoms with Crippen LogP contribution in [0.2, 0.25) is 0 Å². The number of hydrogen-bond acceptors (Lipinski definition) is 9. The van der Waals surface area contributed by atoms with E-state index in [4.69, 9.17) is 61.1 Å². The van der Waals surface area contributed by atoms with E-state index >= 15 is 0 Å². The summed E-state index contributed by atoms with van der Waals surface area (Å²) in [6.07, 6.45) is 45.3. The van der Waals surface area contributed by atoms with Crippen molar-refractivity contribution in [2.45, 2.75) is 220 Å². The van der Waals surface area contributed by atoms with E-state index in [1.54, 1.807) is 5.57 Å². The zero-order valence-corrected chi connectivity index (χ0v) is 49.3. The second kappa shape index (κ2) is 49.5. The van der Waals surface area contributed by atoms with Gasteiger partial charge in [-0.2, -0.15) is 0 Å². The first kappa shape index (κ1) is 76.4. The topological polar surface area (TPSA) is 160 Å². The Hall–Kier alpha value is -4.83. The van der Waals surface area contributed by atoms with Gasteiger partial charge in [-0.25, -0.2) is 0 Å². The van der Waals surface area contributed by atoms with Gasteiger partial charge in [-0.15, -0.1) is 81.0 Å². The lowest BCUT2D eigenvalue weighted by molar-refractivity contribution is -0.144. The monoisotopic (exact) mass is 1070 g/mol. The number of epoxide rings is 1. The highest BCUT2D eigenvalue weighted by Gasteiger charge is 2.51. The van der Waals surface area contributed by atoms with Gasteiger partial charge in [0.1, 0.15) is 12.2 Å². The van der Waals surface area contributed by atoms with Crippen molar-refractivity contribution in [3.8, 4) is 61.2 Å². The number of aliphatic hydroxyl groups excluding tert-OH is 6. The van der Waals surface area contributed by atoms with Crippen LogP contribution in [0.4, 0.5) is 0 Å². The van der Waals surface area contributed by atoms with Gasteiger partial charge in [0.15, 0.2) is 0 Å². The zero-order chi connectivity index (χ0) is 59.1. The van der Waals surface area contributed by atoms with Crippen molar-refractivity contribution in [1.82, 2.24) is 0 Å². The Morgan fingerprint density at radius 3 is 1.70 bits per heavy atom. The maximum Gasteiger partial charge on any atom is 0.309 e. The quantitative estimate of drug-likeness (QED) is 0.0340. The van der Waals surface area contributed by atoms with Gasteiger partial charge in [-0.1, -0.05) is 87.4 Å². The summed E-state index contributed by atoms with van der Waals surface area (Å²) in [5, 5.41) is 51.7. The van der Waals surface area contributed by atoms with E-state index in [1.165, 1.54) is 47.6 Å². The van der Waals surface area contributed by atoms with Crippen molar-refractivity contribution >= 4 is 5.97 Å². The maximum absolute atomic E-state index is 11.5. The molecule has 2 aliphatic heterocycles. The minimum Gasteiger partial charge on any atom is -0.461 e. The van der Waals surface area contributed by atoms with Gasteiger partial charge < -0.3 is 40.1 Å². The van der Waals surface area contributed by atoms with Crippen LogP contribution < -0.4 is 0 Å². The first-order valence-electron chi connectivity index (χ1n) is 28.1. The van der Waals surface area contributed by atoms with Crippen LogP contribution in [-0.2, 0) is 14.3 Å². The van der Waals surface area contributed by atoms with Gasteiger partial charge in [0.25, 0.3) is 0 Å². The van der Waals surface area contributed by atoms with Crippen molar-refractivity contribution in [1.29, 1.82) is 0 Å². The standard InChI is InChI=1S/C11H14O2.2C9H14.C8H14O.C8H12.C7H12O.C7H10O.C6H10O2.C3H6O2/c1-6-2-3-8-10-7(6)4-5-9(10)13-11(8)12;1-7(2)9-5-4-8(3)6-9;1-4-6-7-8-9(3)5-2;1-6(2)7-3-4-8(9)5-7;1-4-6-7-8(3)5-2;2*1-3-5-6-7(8)4-2;1-2-3-4-6(8)5-7;4-1-3-2-5-3/h8-10H,2-5H2,1H3;6,8H,1,4-5H2,2-3H3;5,9H,2,7-8H2,1,3H3;7-9H,1,3-5H2,2H3;1,5,8H,2,6-7H2,3H3;1,7-8H,4-6H2,2H3;1,4,7-8H,2,5-6H2;1,6-8H,3-5H2;3-4H,1-2H2/t8-,9+,10+;8-;9-;7?,8-;8-;2*7-;6-;3-/m101011101/s1. The number of hydrogen-bond donors (Lipinski definition) is 6. The molecule has 0 amide bonds. The molecule has 2 saturated carbocycles. The second-order valence-electron chi connectivity index (χ2n) is 20.7. The zero-order valence-electron chi connectivity index (χ0n) is 49.3. The minimum atomic E-state index is -0.633. The number of esters is 1. The summed E-state index contributed by atoms with van der Waals surface area (Å²) in [7, 11) is 0. The first-order valence-corrected chi connectivity index (χ1v) is 28.1. The summed E-state index contributed by atoms with van der Waals surface area (Å²) in [6.45, 7) is 36.0. The van der Waals surface area contributed by atoms with Crippen LogP contribution >= 0.6 is 0 Å². The van der Waals surface area contributed by atoms with Crippen LogP contribution in [0.3, 0.4) is 0 Å². The molecule has 9 nitrogen and oxygen atoms in total. The lowest BCUT2D eigenvalue weighted by Crippen LogP contribution is -2.22. The summed E-state index contributed by atoms with van der Waals surface area (Å²) in [5.41, 5.74) is 7.03. The minimum absolute atomic E-state index is 0.0494. The van der Waals surface area contributed by atoms with Crippen molar-refractivity contribution < 1.29 is 44.9 Å². The van der Waals surface area contributed by atoms with Crippen LogP contribution in [0.1, 0.15) is 184 Å². The maximum atomic E-state index is 11.5. The van der Waals surface area contributed by atoms with Gasteiger partial charge >= 0.3 is 5.97 Å². The van der Waals surface area contributed by atoms with Crippen molar-refractivity contribution in [2.75, 3.05) is 19.8 Å². The summed E-state index contributed by atoms with van der Waals surface area (Å²) in [5.74, 6) is 19.1. The summed E-state index contributed by atoms with van der Waals surface area (Å²) < 4.78 is 9.98. The Kier molecular flexibility index (Phi) is 49.1. The Balaban J connectivity index is -0.000000808. The molecule has 432 valence electrons. The predicted octanol–water partition coefficient (Wildman–Crippen LogP) is 12.8. The molecule has 6 rings (SSSR count). The molecule has 0 aromatic heterocycles. The fraction of sp³-hybridized carbons (Fsp3) is 0.632. The fourth-order valence-electron chi connectivity index (χ4n) is 8.16. The highest BCUT2D eigenvalue weighted by molar-refractivity contribution is 5.77. The van der Waals surface area contributed by atoms with E-state index in [0.29, 0.717) is 55.8 Å². The van der Waals surface area contributed by atoms with E-state index in [2.05, 4.69) is 114 Å². The van der Waals surface area contributed by atoms with E-state index in [1.807, 2.05) is 32.9 Å². The highest BCUT2D eigenvalue weighted by atomic mass is 16.6. The third-order valence-electron chi connectivity index (χ3n) is 13.7. The molecule has 12 atom stereocenters. The summed E-state index contributed by atoms with van der Waals surface area (Å²) >= 11 is 0. The average Bonchev–Trinajstić information content (AvgIpc) is 3.64. The molecule has 6 aliphatic rings. The second-order valence-corrected chi connectivity index (χ2v) is 20.7. The molecule has 0 aromatic carbocycles. The molecule has 9 heteroatoms. The Bertz CT molecular complexity index is 1900. The Morgan fingerprint density at radius 2 is 1.32 bits per heavy atom. The van der Waals surface area contributed by atoms with Crippen LogP contribution in [0.25, 0.3) is 0 Å². The number of rotatable bonds is 18. The molecule has 1 unspecified atom stereocenters. The largest absolute Gasteiger partial charge is 0.461 e. The third-order valence-corrected chi connectivity index (χ3v) is 13.7. The van der Waals surface area contributed by atoms with Gasteiger partial charge in [-0.3, -0.25) is 4.79 Å². The molecule has 0 aromatic rings. The first-order chi connectivity index (χ1) is 36.6. The number of allylic oxidation sites excluding steroid dienone is 7. The molecule has 0 spiro atoms. The molecule has 0 bridgehead atoms. The van der Waals surface area contributed by atoms with E-state index in [-0.39, 0.29) is 49.5 Å². The summed E-state index contributed by atoms with van der Waals surface area (Å²) in [6, 6.07) is 0. The van der Waals surface area contributed by atoms with Gasteiger partial charge in [0.2, 0.25) is 0 Å². The molecule has 4 aliphatic carbocycles. The molecular formula is C68H106O9. The molecule has 6 N–H and O–H groups in total. The number of carbonyl (C=O) groups excluding carboxylic acids is 1. The average molecular weight is 1070 g/mol. The van der Waals surface area contributed by atoms with Crippen molar-refractivity contribution in [2.24, 2.45) is 35.5 Å². The number of ether oxygens (including phenoxy) is 2. The smallest absolute Gasteiger partial charge is 0.309 e. The normalized spacial score (nSPS) is 22.9. The van der Waals surface area contributed by atoms with E-state index < -0.39 is 12.2 Å². The third kappa shape index (κ3) is 41.0. The molecule has 77 heavy (non-hydrogen) atoms. The SMILES string of the molecule is C#CCC[C@H](C)C=C.C#CCC[C@H](O)C=C.C#CCC[C@H](O)CC.C#CCC[C@H](O)CO.C=C(C)C1=C[C@@H](C)CC1.C=C(C)C1CC[C@H](O)C1.C=C[C@@H](C)CCC#CC.CC1=C2CC[C@@H]3OC(=O)[C@H](CC1)[C@H]23.OC[C@@H]1CO1. The number of terminal acetylenes is 4. The number of aliphatic hydroxyl groups is 6. The van der Waals surface area contributed by atoms with Gasteiger partial charge in [0.05, 0.1) is 50.2 Å². The lowest BCUT2D eigenvalue weighted by atomic mass is 9.78. The fourth-order valence-corrected chi connectivity index (χ4v) is 8.16. The predicted molar refractivity (Wildman–Crippen MR) is 324 cm³/mol. The lowest BCUT2D eigenvalue weighted by Gasteiger charge is -2.23. The summed E-state index contributed by atoms with van der Waals surface area (Å²) in [4.78, 5) is 11.5. The Labute approximate surface area is 471 Å². The molecule has 4 fully saturated rings. The number of carbonyl (C=O) groups is 1. The van der Waals surface area contributed by atoms with E-state index in [0.717, 1.165) is 89.6 Å².